The maximum atomic E-state index is 10.2. The van der Waals surface area contributed by atoms with Crippen LogP contribution >= 0.6 is 0 Å². The predicted octanol–water partition coefficient (Wildman–Crippen LogP) is 2.50. The van der Waals surface area contributed by atoms with Crippen LogP contribution in [0.3, 0.4) is 0 Å². The molecule has 1 aliphatic carbocycles. The Morgan fingerprint density at radius 2 is 1.90 bits per heavy atom. The Labute approximate surface area is 128 Å². The summed E-state index contributed by atoms with van der Waals surface area (Å²) in [5.41, 5.74) is 1.40. The Morgan fingerprint density at radius 3 is 2.62 bits per heavy atom. The van der Waals surface area contributed by atoms with E-state index in [0.29, 0.717) is 12.1 Å². The van der Waals surface area contributed by atoms with Crippen molar-refractivity contribution < 1.29 is 5.11 Å². The highest BCUT2D eigenvalue weighted by Gasteiger charge is 2.34. The highest BCUT2D eigenvalue weighted by Crippen LogP contribution is 2.27. The number of hydrogen-bond acceptors (Lipinski definition) is 3. The third-order valence-corrected chi connectivity index (χ3v) is 5.10. The molecule has 1 saturated carbocycles. The first-order chi connectivity index (χ1) is 10.2. The molecule has 1 aromatic carbocycles. The van der Waals surface area contributed by atoms with E-state index in [9.17, 15) is 5.11 Å². The van der Waals surface area contributed by atoms with Crippen molar-refractivity contribution in [3.63, 3.8) is 0 Å². The molecule has 3 rings (SSSR count). The van der Waals surface area contributed by atoms with Gasteiger partial charge in [0.15, 0.2) is 0 Å². The summed E-state index contributed by atoms with van der Waals surface area (Å²) >= 11 is 0. The molecule has 0 amide bonds. The first-order valence-corrected chi connectivity index (χ1v) is 8.44. The van der Waals surface area contributed by atoms with E-state index >= 15 is 0 Å². The van der Waals surface area contributed by atoms with Gasteiger partial charge in [0.25, 0.3) is 0 Å². The molecule has 116 valence electrons. The minimum atomic E-state index is -0.104. The van der Waals surface area contributed by atoms with Gasteiger partial charge < -0.3 is 5.11 Å². The molecule has 3 nitrogen and oxygen atoms in total. The van der Waals surface area contributed by atoms with Crippen LogP contribution in [0.25, 0.3) is 0 Å². The number of aliphatic hydroxyl groups is 1. The summed E-state index contributed by atoms with van der Waals surface area (Å²) in [5, 5.41) is 10.2. The van der Waals surface area contributed by atoms with Crippen LogP contribution in [0.5, 0.6) is 0 Å². The molecule has 1 N–H and O–H groups in total. The largest absolute Gasteiger partial charge is 0.391 e. The lowest BCUT2D eigenvalue weighted by Crippen LogP contribution is -2.47. The molecule has 2 aliphatic rings. The minimum Gasteiger partial charge on any atom is -0.391 e. The van der Waals surface area contributed by atoms with Crippen LogP contribution in [0, 0.1) is 0 Å². The van der Waals surface area contributed by atoms with Gasteiger partial charge in [-0.25, -0.2) is 0 Å². The fraction of sp³-hybridized carbons (Fsp3) is 0.667. The summed E-state index contributed by atoms with van der Waals surface area (Å²) in [5.74, 6) is 0. The predicted molar refractivity (Wildman–Crippen MR) is 86.1 cm³/mol. The summed E-state index contributed by atoms with van der Waals surface area (Å²) in [6, 6.07) is 11.7. The van der Waals surface area contributed by atoms with E-state index in [1.165, 1.54) is 31.4 Å². The van der Waals surface area contributed by atoms with Gasteiger partial charge in [-0.05, 0) is 44.7 Å². The summed E-state index contributed by atoms with van der Waals surface area (Å²) < 4.78 is 0. The normalized spacial score (nSPS) is 32.2. The number of aliphatic hydroxyl groups excluding tert-OH is 1. The van der Waals surface area contributed by atoms with Crippen LogP contribution < -0.4 is 0 Å². The molecule has 21 heavy (non-hydrogen) atoms. The van der Waals surface area contributed by atoms with Gasteiger partial charge in [-0.3, -0.25) is 9.80 Å². The molecule has 1 saturated heterocycles. The van der Waals surface area contributed by atoms with E-state index < -0.39 is 0 Å². The molecule has 3 atom stereocenters. The van der Waals surface area contributed by atoms with Crippen LogP contribution in [0.4, 0.5) is 0 Å². The Kier molecular flexibility index (Phi) is 4.94. The Hall–Kier alpha value is -0.900. The topological polar surface area (TPSA) is 26.7 Å². The van der Waals surface area contributed by atoms with Crippen molar-refractivity contribution in [2.45, 2.75) is 57.3 Å². The molecule has 0 bridgehead atoms. The van der Waals surface area contributed by atoms with Crippen molar-refractivity contribution in [2.75, 3.05) is 19.6 Å². The van der Waals surface area contributed by atoms with Crippen molar-refractivity contribution in [1.29, 1.82) is 0 Å². The molecular formula is C18H28N2O. The second-order valence-corrected chi connectivity index (χ2v) is 6.73. The third kappa shape index (κ3) is 3.65. The lowest BCUT2D eigenvalue weighted by Gasteiger charge is -2.35. The van der Waals surface area contributed by atoms with Crippen LogP contribution in [0.2, 0.25) is 0 Å². The fourth-order valence-electron chi connectivity index (χ4n) is 4.05. The van der Waals surface area contributed by atoms with Gasteiger partial charge in [-0.15, -0.1) is 0 Å². The molecular weight excluding hydrogens is 260 g/mol. The molecule has 2 fully saturated rings. The Morgan fingerprint density at radius 1 is 1.10 bits per heavy atom. The van der Waals surface area contributed by atoms with E-state index in [-0.39, 0.29) is 6.10 Å². The summed E-state index contributed by atoms with van der Waals surface area (Å²) in [7, 11) is 0. The molecule has 1 unspecified atom stereocenters. The summed E-state index contributed by atoms with van der Waals surface area (Å²) in [4.78, 5) is 5.14. The van der Waals surface area contributed by atoms with Crippen molar-refractivity contribution in [3.05, 3.63) is 35.9 Å². The maximum Gasteiger partial charge on any atom is 0.0695 e. The van der Waals surface area contributed by atoms with Gasteiger partial charge in [0.2, 0.25) is 0 Å². The van der Waals surface area contributed by atoms with E-state index in [4.69, 9.17) is 0 Å². The quantitative estimate of drug-likeness (QED) is 0.926. The number of benzene rings is 1. The number of hydrogen-bond donors (Lipinski definition) is 1. The minimum absolute atomic E-state index is 0.104. The molecule has 0 spiro atoms. The van der Waals surface area contributed by atoms with E-state index in [1.807, 2.05) is 0 Å². The van der Waals surface area contributed by atoms with Crippen LogP contribution in [-0.4, -0.2) is 52.7 Å². The molecule has 3 heteroatoms. The van der Waals surface area contributed by atoms with Crippen LogP contribution in [0.1, 0.15) is 38.2 Å². The van der Waals surface area contributed by atoms with Crippen molar-refractivity contribution in [3.8, 4) is 0 Å². The zero-order chi connectivity index (χ0) is 14.7. The van der Waals surface area contributed by atoms with Gasteiger partial charge in [-0.2, -0.15) is 0 Å². The first-order valence-electron chi connectivity index (χ1n) is 8.44. The highest BCUT2D eigenvalue weighted by molar-refractivity contribution is 5.14. The first kappa shape index (κ1) is 15.0. The van der Waals surface area contributed by atoms with Crippen LogP contribution in [-0.2, 0) is 6.54 Å². The van der Waals surface area contributed by atoms with Gasteiger partial charge in [0.1, 0.15) is 0 Å². The number of rotatable bonds is 3. The second kappa shape index (κ2) is 6.91. The highest BCUT2D eigenvalue weighted by atomic mass is 16.3. The lowest BCUT2D eigenvalue weighted by molar-refractivity contribution is 0.0476. The average molecular weight is 288 g/mol. The van der Waals surface area contributed by atoms with E-state index in [0.717, 1.165) is 26.1 Å². The lowest BCUT2D eigenvalue weighted by atomic mass is 10.1. The molecule has 1 aliphatic heterocycles. The summed E-state index contributed by atoms with van der Waals surface area (Å²) in [6.07, 6.45) is 4.45. The van der Waals surface area contributed by atoms with Crippen molar-refractivity contribution >= 4 is 0 Å². The zero-order valence-electron chi connectivity index (χ0n) is 13.1. The molecule has 0 aromatic heterocycles. The van der Waals surface area contributed by atoms with Gasteiger partial charge in [0.05, 0.1) is 6.10 Å². The molecule has 0 radical (unpaired) electrons. The smallest absolute Gasteiger partial charge is 0.0695 e. The van der Waals surface area contributed by atoms with Gasteiger partial charge in [0, 0.05) is 31.7 Å². The standard InChI is InChI=1S/C18H28N2O/c1-15-13-19(14-16-7-3-2-4-8-16)11-6-12-20(15)17-9-5-10-18(17)21/h2-4,7-8,15,17-18,21H,5-6,9-14H2,1H3/t15?,17-,18-/m0/s1. The monoisotopic (exact) mass is 288 g/mol. The maximum absolute atomic E-state index is 10.2. The average Bonchev–Trinajstić information content (AvgIpc) is 2.81. The molecule has 1 heterocycles. The van der Waals surface area contributed by atoms with Gasteiger partial charge >= 0.3 is 0 Å². The van der Waals surface area contributed by atoms with Crippen molar-refractivity contribution in [1.82, 2.24) is 9.80 Å². The van der Waals surface area contributed by atoms with E-state index in [1.54, 1.807) is 0 Å². The van der Waals surface area contributed by atoms with Crippen molar-refractivity contribution in [2.24, 2.45) is 0 Å². The Bertz CT molecular complexity index is 436. The fourth-order valence-corrected chi connectivity index (χ4v) is 4.05. The Balaban J connectivity index is 1.61. The third-order valence-electron chi connectivity index (χ3n) is 5.10. The van der Waals surface area contributed by atoms with E-state index in [2.05, 4.69) is 47.1 Å². The SMILES string of the molecule is CC1CN(Cc2ccccc2)CCCN1[C@H]1CCC[C@@H]1O. The second-order valence-electron chi connectivity index (χ2n) is 6.73. The summed E-state index contributed by atoms with van der Waals surface area (Å²) in [6.45, 7) is 6.78. The zero-order valence-corrected chi connectivity index (χ0v) is 13.1. The molecule has 1 aromatic rings. The van der Waals surface area contributed by atoms with Gasteiger partial charge in [-0.1, -0.05) is 30.3 Å². The number of nitrogens with zero attached hydrogens (tertiary/aromatic N) is 2. The van der Waals surface area contributed by atoms with Crippen LogP contribution in [0.15, 0.2) is 30.3 Å².